The van der Waals surface area contributed by atoms with Crippen molar-refractivity contribution < 1.29 is 14.3 Å². The maximum absolute atomic E-state index is 12.2. The molecule has 1 N–H and O–H groups in total. The predicted octanol–water partition coefficient (Wildman–Crippen LogP) is 4.45. The number of aryl methyl sites for hydroxylation is 2. The first-order chi connectivity index (χ1) is 12.6. The number of hydrogen-bond acceptors (Lipinski definition) is 5. The Bertz CT molecular complexity index is 901. The number of carbonyl (C=O) groups excluding carboxylic acids is 1. The number of thiazole rings is 1. The highest BCUT2D eigenvalue weighted by atomic mass is 32.1. The van der Waals surface area contributed by atoms with E-state index < -0.39 is 0 Å². The molecule has 0 unspecified atom stereocenters. The van der Waals surface area contributed by atoms with Crippen molar-refractivity contribution in [2.24, 2.45) is 0 Å². The number of benzene rings is 2. The Labute approximate surface area is 156 Å². The van der Waals surface area contributed by atoms with Gasteiger partial charge in [0.05, 0.1) is 12.8 Å². The molecule has 0 aliphatic heterocycles. The first kappa shape index (κ1) is 17.9. The van der Waals surface area contributed by atoms with Gasteiger partial charge in [0.15, 0.2) is 11.7 Å². The number of aromatic nitrogens is 1. The van der Waals surface area contributed by atoms with Crippen molar-refractivity contribution in [3.8, 4) is 22.8 Å². The highest BCUT2D eigenvalue weighted by Crippen LogP contribution is 2.31. The van der Waals surface area contributed by atoms with Crippen LogP contribution in [-0.4, -0.2) is 24.6 Å². The Balaban J connectivity index is 1.65. The van der Waals surface area contributed by atoms with Gasteiger partial charge < -0.3 is 9.47 Å². The lowest BCUT2D eigenvalue weighted by Gasteiger charge is -2.11. The van der Waals surface area contributed by atoms with Gasteiger partial charge in [-0.05, 0) is 37.1 Å². The molecule has 0 aliphatic carbocycles. The molecule has 134 valence electrons. The third kappa shape index (κ3) is 4.03. The summed E-state index contributed by atoms with van der Waals surface area (Å²) >= 11 is 1.37. The third-order valence-corrected chi connectivity index (χ3v) is 4.65. The van der Waals surface area contributed by atoms with Gasteiger partial charge in [-0.3, -0.25) is 10.1 Å². The van der Waals surface area contributed by atoms with Crippen LogP contribution < -0.4 is 14.8 Å². The highest BCUT2D eigenvalue weighted by molar-refractivity contribution is 7.14. The van der Waals surface area contributed by atoms with Gasteiger partial charge in [0, 0.05) is 10.9 Å². The first-order valence-electron chi connectivity index (χ1n) is 8.16. The highest BCUT2D eigenvalue weighted by Gasteiger charge is 2.12. The van der Waals surface area contributed by atoms with Crippen molar-refractivity contribution in [1.82, 2.24) is 4.98 Å². The number of nitrogens with zero attached hydrogens (tertiary/aromatic N) is 1. The molecule has 0 saturated carbocycles. The lowest BCUT2D eigenvalue weighted by Crippen LogP contribution is -2.20. The summed E-state index contributed by atoms with van der Waals surface area (Å²) in [5.41, 5.74) is 3.66. The van der Waals surface area contributed by atoms with E-state index in [1.54, 1.807) is 7.11 Å². The fourth-order valence-electron chi connectivity index (χ4n) is 2.63. The minimum Gasteiger partial charge on any atom is -0.496 e. The summed E-state index contributed by atoms with van der Waals surface area (Å²) in [6.07, 6.45) is 0. The molecule has 0 radical (unpaired) electrons. The second-order valence-electron chi connectivity index (χ2n) is 5.80. The van der Waals surface area contributed by atoms with Crippen LogP contribution in [0, 0.1) is 13.8 Å². The minimum atomic E-state index is -0.242. The molecule has 6 heteroatoms. The van der Waals surface area contributed by atoms with Crippen molar-refractivity contribution in [2.75, 3.05) is 19.0 Å². The molecule has 0 fully saturated rings. The summed E-state index contributed by atoms with van der Waals surface area (Å²) in [5.74, 6) is 1.25. The van der Waals surface area contributed by atoms with Crippen LogP contribution in [0.2, 0.25) is 0 Å². The van der Waals surface area contributed by atoms with Crippen LogP contribution in [0.1, 0.15) is 11.1 Å². The van der Waals surface area contributed by atoms with E-state index in [0.29, 0.717) is 5.13 Å². The number of amides is 1. The molecular weight excluding hydrogens is 348 g/mol. The largest absolute Gasteiger partial charge is 0.496 e. The summed E-state index contributed by atoms with van der Waals surface area (Å²) < 4.78 is 11.0. The number of anilines is 1. The van der Waals surface area contributed by atoms with Crippen LogP contribution in [0.4, 0.5) is 5.13 Å². The molecule has 0 atom stereocenters. The van der Waals surface area contributed by atoms with Gasteiger partial charge >= 0.3 is 0 Å². The molecule has 3 rings (SSSR count). The van der Waals surface area contributed by atoms with Crippen LogP contribution in [0.5, 0.6) is 11.5 Å². The molecule has 0 spiro atoms. The summed E-state index contributed by atoms with van der Waals surface area (Å²) in [7, 11) is 1.62. The van der Waals surface area contributed by atoms with Crippen molar-refractivity contribution in [3.05, 3.63) is 59.0 Å². The molecule has 1 amide bonds. The molecule has 1 heterocycles. The van der Waals surface area contributed by atoms with Crippen LogP contribution in [0.3, 0.4) is 0 Å². The summed E-state index contributed by atoms with van der Waals surface area (Å²) in [6.45, 7) is 3.86. The average Bonchev–Trinajstić information content (AvgIpc) is 3.09. The monoisotopic (exact) mass is 368 g/mol. The van der Waals surface area contributed by atoms with E-state index >= 15 is 0 Å². The SMILES string of the molecule is COc1ccccc1-c1csc(NC(=O)COc2c(C)cccc2C)n1. The van der Waals surface area contributed by atoms with E-state index in [1.165, 1.54) is 11.3 Å². The van der Waals surface area contributed by atoms with Crippen molar-refractivity contribution in [1.29, 1.82) is 0 Å². The number of ether oxygens (including phenoxy) is 2. The summed E-state index contributed by atoms with van der Waals surface area (Å²) in [6, 6.07) is 13.5. The van der Waals surface area contributed by atoms with Gasteiger partial charge in [-0.15, -0.1) is 11.3 Å². The lowest BCUT2D eigenvalue weighted by molar-refractivity contribution is -0.118. The van der Waals surface area contributed by atoms with Gasteiger partial charge in [0.1, 0.15) is 11.5 Å². The van der Waals surface area contributed by atoms with Crippen LogP contribution in [-0.2, 0) is 4.79 Å². The molecule has 2 aromatic carbocycles. The van der Waals surface area contributed by atoms with E-state index in [-0.39, 0.29) is 12.5 Å². The van der Waals surface area contributed by atoms with Crippen molar-refractivity contribution >= 4 is 22.4 Å². The minimum absolute atomic E-state index is 0.0603. The second-order valence-corrected chi connectivity index (χ2v) is 6.65. The molecular formula is C20H20N2O3S. The third-order valence-electron chi connectivity index (χ3n) is 3.89. The van der Waals surface area contributed by atoms with E-state index in [0.717, 1.165) is 33.9 Å². The zero-order chi connectivity index (χ0) is 18.5. The average molecular weight is 368 g/mol. The van der Waals surface area contributed by atoms with E-state index in [1.807, 2.05) is 61.7 Å². The molecule has 0 saturated heterocycles. The fourth-order valence-corrected chi connectivity index (χ4v) is 3.36. The molecule has 5 nitrogen and oxygen atoms in total. The smallest absolute Gasteiger partial charge is 0.264 e. The second kappa shape index (κ2) is 8.01. The standard InChI is InChI=1S/C20H20N2O3S/c1-13-7-6-8-14(2)19(13)25-11-18(23)22-20-21-16(12-26-20)15-9-4-5-10-17(15)24-3/h4-10,12H,11H2,1-3H3,(H,21,22,23). The van der Waals surface area contributed by atoms with E-state index in [2.05, 4.69) is 10.3 Å². The van der Waals surface area contributed by atoms with Gasteiger partial charge in [-0.2, -0.15) is 0 Å². The molecule has 0 bridgehead atoms. The normalized spacial score (nSPS) is 10.4. The molecule has 1 aromatic heterocycles. The van der Waals surface area contributed by atoms with Crippen molar-refractivity contribution in [2.45, 2.75) is 13.8 Å². The number of nitrogens with one attached hydrogen (secondary N) is 1. The Hall–Kier alpha value is -2.86. The maximum atomic E-state index is 12.2. The molecule has 26 heavy (non-hydrogen) atoms. The van der Waals surface area contributed by atoms with Gasteiger partial charge in [0.25, 0.3) is 5.91 Å². The lowest BCUT2D eigenvalue weighted by atomic mass is 10.1. The molecule has 0 aliphatic rings. The Morgan fingerprint density at radius 3 is 2.58 bits per heavy atom. The van der Waals surface area contributed by atoms with Crippen LogP contribution in [0.15, 0.2) is 47.8 Å². The van der Waals surface area contributed by atoms with Crippen LogP contribution >= 0.6 is 11.3 Å². The topological polar surface area (TPSA) is 60.5 Å². The van der Waals surface area contributed by atoms with E-state index in [4.69, 9.17) is 9.47 Å². The number of hydrogen-bond donors (Lipinski definition) is 1. The Morgan fingerprint density at radius 1 is 1.12 bits per heavy atom. The Morgan fingerprint density at radius 2 is 1.85 bits per heavy atom. The van der Waals surface area contributed by atoms with Gasteiger partial charge in [0.2, 0.25) is 0 Å². The summed E-state index contributed by atoms with van der Waals surface area (Å²) in [4.78, 5) is 16.7. The predicted molar refractivity (Wildman–Crippen MR) is 104 cm³/mol. The zero-order valence-corrected chi connectivity index (χ0v) is 15.7. The first-order valence-corrected chi connectivity index (χ1v) is 9.04. The number of carbonyl (C=O) groups is 1. The quantitative estimate of drug-likeness (QED) is 0.698. The van der Waals surface area contributed by atoms with Gasteiger partial charge in [-0.25, -0.2) is 4.98 Å². The Kier molecular flexibility index (Phi) is 5.53. The number of para-hydroxylation sites is 2. The van der Waals surface area contributed by atoms with Crippen molar-refractivity contribution in [3.63, 3.8) is 0 Å². The fraction of sp³-hybridized carbons (Fsp3) is 0.200. The zero-order valence-electron chi connectivity index (χ0n) is 14.9. The molecule has 3 aromatic rings. The summed E-state index contributed by atoms with van der Waals surface area (Å²) in [5, 5.41) is 5.20. The number of rotatable bonds is 6. The van der Waals surface area contributed by atoms with E-state index in [9.17, 15) is 4.79 Å². The number of methoxy groups -OCH3 is 1. The maximum Gasteiger partial charge on any atom is 0.264 e. The van der Waals surface area contributed by atoms with Crippen LogP contribution in [0.25, 0.3) is 11.3 Å². The van der Waals surface area contributed by atoms with Gasteiger partial charge in [-0.1, -0.05) is 30.3 Å².